The van der Waals surface area contributed by atoms with E-state index in [0.29, 0.717) is 14.2 Å². The molecule has 0 fully saturated rings. The molecule has 0 atom stereocenters. The van der Waals surface area contributed by atoms with E-state index in [1.54, 1.807) is 12.1 Å². The van der Waals surface area contributed by atoms with Gasteiger partial charge in [-0.2, -0.15) is 0 Å². The third-order valence-electron chi connectivity index (χ3n) is 2.16. The summed E-state index contributed by atoms with van der Waals surface area (Å²) in [5.74, 6) is -0.377. The van der Waals surface area contributed by atoms with Gasteiger partial charge in [0.2, 0.25) is 0 Å². The van der Waals surface area contributed by atoms with Gasteiger partial charge in [-0.3, -0.25) is 4.79 Å². The molecule has 0 aliphatic heterocycles. The monoisotopic (exact) mass is 407 g/mol. The second-order valence-electron chi connectivity index (χ2n) is 3.46. The van der Waals surface area contributed by atoms with Crippen molar-refractivity contribution in [2.45, 2.75) is 6.43 Å². The number of alkyl halides is 3. The Morgan fingerprint density at radius 2 is 2.11 bits per heavy atom. The average Bonchev–Trinajstić information content (AvgIpc) is 2.30. The first-order valence-corrected chi connectivity index (χ1v) is 7.03. The normalized spacial score (nSPS) is 10.8. The molecule has 1 rings (SSSR count). The summed E-state index contributed by atoms with van der Waals surface area (Å²) in [6.45, 7) is -0.554. The van der Waals surface area contributed by atoms with Crippen molar-refractivity contribution in [1.82, 2.24) is 4.90 Å². The number of carbonyl (C=O) groups excluding carboxylic acids is 1. The first-order chi connectivity index (χ1) is 8.45. The van der Waals surface area contributed by atoms with E-state index in [1.807, 2.05) is 22.6 Å². The van der Waals surface area contributed by atoms with Gasteiger partial charge < -0.3 is 4.90 Å². The van der Waals surface area contributed by atoms with E-state index in [9.17, 15) is 13.6 Å². The number of amides is 1. The van der Waals surface area contributed by atoms with Gasteiger partial charge in [0.1, 0.15) is 0 Å². The van der Waals surface area contributed by atoms with E-state index in [-0.39, 0.29) is 12.4 Å². The van der Waals surface area contributed by atoms with Crippen molar-refractivity contribution in [2.24, 2.45) is 0 Å². The summed E-state index contributed by atoms with van der Waals surface area (Å²) in [4.78, 5) is 13.1. The van der Waals surface area contributed by atoms with E-state index in [1.165, 1.54) is 6.07 Å². The highest BCUT2D eigenvalue weighted by Gasteiger charge is 2.21. The number of carbonyl (C=O) groups is 1. The van der Waals surface area contributed by atoms with Gasteiger partial charge in [0.25, 0.3) is 12.3 Å². The molecule has 0 aliphatic carbocycles. The first-order valence-electron chi connectivity index (χ1n) is 5.04. The van der Waals surface area contributed by atoms with E-state index in [4.69, 9.17) is 23.2 Å². The molecule has 0 radical (unpaired) electrons. The predicted molar refractivity (Wildman–Crippen MR) is 76.8 cm³/mol. The molecule has 0 spiro atoms. The third kappa shape index (κ3) is 4.51. The SMILES string of the molecule is O=C(c1cc(Cl)ccc1I)N(CCCl)CC(F)F. The number of nitrogens with zero attached hydrogens (tertiary/aromatic N) is 1. The fraction of sp³-hybridized carbons (Fsp3) is 0.364. The van der Waals surface area contributed by atoms with Crippen LogP contribution in [-0.2, 0) is 0 Å². The Hall–Kier alpha value is -0.140. The van der Waals surface area contributed by atoms with Crippen LogP contribution < -0.4 is 0 Å². The predicted octanol–water partition coefficient (Wildman–Crippen LogP) is 3.89. The molecule has 0 aliphatic rings. The minimum absolute atomic E-state index is 0.0767. The van der Waals surface area contributed by atoms with Gasteiger partial charge in [-0.1, -0.05) is 11.6 Å². The van der Waals surface area contributed by atoms with E-state index in [2.05, 4.69) is 0 Å². The van der Waals surface area contributed by atoms with Crippen LogP contribution in [-0.4, -0.2) is 36.2 Å². The highest BCUT2D eigenvalue weighted by molar-refractivity contribution is 14.1. The minimum atomic E-state index is -2.59. The molecule has 18 heavy (non-hydrogen) atoms. The molecule has 0 saturated heterocycles. The number of halogens is 5. The van der Waals surface area contributed by atoms with Gasteiger partial charge in [-0.25, -0.2) is 8.78 Å². The number of rotatable bonds is 5. The van der Waals surface area contributed by atoms with Gasteiger partial charge in [-0.05, 0) is 40.8 Å². The van der Waals surface area contributed by atoms with Gasteiger partial charge >= 0.3 is 0 Å². The summed E-state index contributed by atoms with van der Waals surface area (Å²) in [6, 6.07) is 4.77. The van der Waals surface area contributed by atoms with E-state index < -0.39 is 18.9 Å². The zero-order valence-electron chi connectivity index (χ0n) is 9.18. The summed E-state index contributed by atoms with van der Waals surface area (Å²) < 4.78 is 25.5. The molecule has 1 amide bonds. The fourth-order valence-electron chi connectivity index (χ4n) is 1.38. The molecule has 0 N–H and O–H groups in total. The van der Waals surface area contributed by atoms with Crippen molar-refractivity contribution in [2.75, 3.05) is 19.0 Å². The van der Waals surface area contributed by atoms with E-state index >= 15 is 0 Å². The molecule has 2 nitrogen and oxygen atoms in total. The molecule has 0 aromatic heterocycles. The molecule has 0 saturated carbocycles. The fourth-order valence-corrected chi connectivity index (χ4v) is 2.32. The molecule has 0 heterocycles. The number of hydrogen-bond acceptors (Lipinski definition) is 1. The van der Waals surface area contributed by atoms with Crippen LogP contribution in [0.3, 0.4) is 0 Å². The third-order valence-corrected chi connectivity index (χ3v) is 3.50. The number of hydrogen-bond donors (Lipinski definition) is 0. The van der Waals surface area contributed by atoms with Gasteiger partial charge in [-0.15, -0.1) is 11.6 Å². The lowest BCUT2D eigenvalue weighted by molar-refractivity contribution is 0.0570. The van der Waals surface area contributed by atoms with Crippen molar-refractivity contribution in [3.8, 4) is 0 Å². The van der Waals surface area contributed by atoms with Crippen LogP contribution in [0, 0.1) is 3.57 Å². The second kappa shape index (κ2) is 7.45. The zero-order valence-corrected chi connectivity index (χ0v) is 12.8. The van der Waals surface area contributed by atoms with Crippen LogP contribution in [0.2, 0.25) is 5.02 Å². The molecule has 0 unspecified atom stereocenters. The van der Waals surface area contributed by atoms with Crippen molar-refractivity contribution in [3.05, 3.63) is 32.4 Å². The lowest BCUT2D eigenvalue weighted by Crippen LogP contribution is -2.37. The molecular formula is C11H10Cl2F2INO. The summed E-state index contributed by atoms with van der Waals surface area (Å²) in [5, 5.41) is 0.390. The second-order valence-corrected chi connectivity index (χ2v) is 5.43. The molecule has 0 bridgehead atoms. The van der Waals surface area contributed by atoms with Crippen LogP contribution in [0.1, 0.15) is 10.4 Å². The molecule has 1 aromatic carbocycles. The van der Waals surface area contributed by atoms with Gasteiger partial charge in [0.15, 0.2) is 0 Å². The Kier molecular flexibility index (Phi) is 6.59. The van der Waals surface area contributed by atoms with E-state index in [0.717, 1.165) is 4.90 Å². The Morgan fingerprint density at radius 3 is 2.67 bits per heavy atom. The smallest absolute Gasteiger partial charge is 0.255 e. The maximum absolute atomic E-state index is 12.4. The van der Waals surface area contributed by atoms with Crippen molar-refractivity contribution in [1.29, 1.82) is 0 Å². The highest BCUT2D eigenvalue weighted by Crippen LogP contribution is 2.20. The molecule has 100 valence electrons. The zero-order chi connectivity index (χ0) is 13.7. The van der Waals surface area contributed by atoms with Crippen molar-refractivity contribution >= 4 is 51.7 Å². The quantitative estimate of drug-likeness (QED) is 0.535. The van der Waals surface area contributed by atoms with Crippen molar-refractivity contribution < 1.29 is 13.6 Å². The largest absolute Gasteiger partial charge is 0.332 e. The van der Waals surface area contributed by atoms with Gasteiger partial charge in [0, 0.05) is 21.0 Å². The Balaban J connectivity index is 2.97. The standard InChI is InChI=1S/C11H10Cl2F2INO/c12-3-4-17(6-10(14)15)11(18)8-5-7(13)1-2-9(8)16/h1-2,5,10H,3-4,6H2. The molecular weight excluding hydrogens is 398 g/mol. The Labute approximate surface area is 127 Å². The average molecular weight is 408 g/mol. The highest BCUT2D eigenvalue weighted by atomic mass is 127. The number of benzene rings is 1. The molecule has 1 aromatic rings. The lowest BCUT2D eigenvalue weighted by atomic mass is 10.2. The minimum Gasteiger partial charge on any atom is -0.332 e. The Morgan fingerprint density at radius 1 is 1.44 bits per heavy atom. The maximum atomic E-state index is 12.4. The summed E-state index contributed by atoms with van der Waals surface area (Å²) in [7, 11) is 0. The first kappa shape index (κ1) is 15.9. The summed E-state index contributed by atoms with van der Waals surface area (Å²) in [6.07, 6.45) is -2.59. The Bertz CT molecular complexity index is 432. The van der Waals surface area contributed by atoms with Crippen LogP contribution in [0.25, 0.3) is 0 Å². The summed E-state index contributed by atoms with van der Waals surface area (Å²) in [5.41, 5.74) is 0.314. The van der Waals surface area contributed by atoms with Gasteiger partial charge in [0.05, 0.1) is 12.1 Å². The summed E-state index contributed by atoms with van der Waals surface area (Å²) >= 11 is 13.3. The lowest BCUT2D eigenvalue weighted by Gasteiger charge is -2.21. The van der Waals surface area contributed by atoms with Crippen LogP contribution in [0.15, 0.2) is 18.2 Å². The maximum Gasteiger partial charge on any atom is 0.255 e. The topological polar surface area (TPSA) is 20.3 Å². The van der Waals surface area contributed by atoms with Crippen LogP contribution >= 0.6 is 45.8 Å². The van der Waals surface area contributed by atoms with Crippen molar-refractivity contribution in [3.63, 3.8) is 0 Å². The van der Waals surface area contributed by atoms with Crippen LogP contribution in [0.4, 0.5) is 8.78 Å². The van der Waals surface area contributed by atoms with Crippen LogP contribution in [0.5, 0.6) is 0 Å². The molecule has 7 heteroatoms.